The number of unbranched alkanes of at least 4 members (excludes halogenated alkanes) is 6. The van der Waals surface area contributed by atoms with Crippen molar-refractivity contribution in [3.05, 3.63) is 12.2 Å². The monoisotopic (exact) mass is 240 g/mol. The van der Waals surface area contributed by atoms with Crippen molar-refractivity contribution >= 4 is 5.97 Å². The highest BCUT2D eigenvalue weighted by Crippen LogP contribution is 2.09. The third-order valence-corrected chi connectivity index (χ3v) is 2.70. The number of ether oxygens (including phenoxy) is 1. The van der Waals surface area contributed by atoms with Crippen LogP contribution in [0.4, 0.5) is 0 Å². The highest BCUT2D eigenvalue weighted by Gasteiger charge is 2.01. The van der Waals surface area contributed by atoms with Gasteiger partial charge in [-0.25, -0.2) is 0 Å². The van der Waals surface area contributed by atoms with E-state index in [0.717, 1.165) is 19.3 Å². The molecule has 0 aromatic rings. The van der Waals surface area contributed by atoms with Gasteiger partial charge < -0.3 is 4.74 Å². The van der Waals surface area contributed by atoms with Crippen LogP contribution >= 0.6 is 0 Å². The average Bonchev–Trinajstić information content (AvgIpc) is 2.34. The summed E-state index contributed by atoms with van der Waals surface area (Å²) in [5, 5.41) is 0. The summed E-state index contributed by atoms with van der Waals surface area (Å²) in [6.07, 6.45) is 14.3. The molecule has 0 bridgehead atoms. The molecule has 0 N–H and O–H groups in total. The molecule has 0 radical (unpaired) electrons. The summed E-state index contributed by atoms with van der Waals surface area (Å²) in [5.41, 5.74) is 0. The molecule has 0 saturated heterocycles. The molecule has 0 fully saturated rings. The molecule has 0 aromatic carbocycles. The van der Waals surface area contributed by atoms with E-state index in [1.807, 2.05) is 6.92 Å². The van der Waals surface area contributed by atoms with Gasteiger partial charge in [0.1, 0.15) is 0 Å². The molecule has 0 rings (SSSR count). The van der Waals surface area contributed by atoms with E-state index in [0.29, 0.717) is 13.0 Å². The molecule has 0 heterocycles. The molecule has 0 unspecified atom stereocenters. The first-order chi connectivity index (χ1) is 8.31. The van der Waals surface area contributed by atoms with E-state index in [1.54, 1.807) is 0 Å². The summed E-state index contributed by atoms with van der Waals surface area (Å²) >= 11 is 0. The van der Waals surface area contributed by atoms with E-state index in [1.165, 1.54) is 32.1 Å². The average molecular weight is 240 g/mol. The van der Waals surface area contributed by atoms with Gasteiger partial charge in [0.25, 0.3) is 0 Å². The molecule has 2 nitrogen and oxygen atoms in total. The first kappa shape index (κ1) is 16.2. The molecular formula is C15H28O2. The highest BCUT2D eigenvalue weighted by atomic mass is 16.5. The Morgan fingerprint density at radius 1 is 1.06 bits per heavy atom. The third kappa shape index (κ3) is 13.1. The number of esters is 1. The van der Waals surface area contributed by atoms with Gasteiger partial charge in [0.05, 0.1) is 6.61 Å². The fourth-order valence-corrected chi connectivity index (χ4v) is 1.69. The molecular weight excluding hydrogens is 212 g/mol. The number of carbonyl (C=O) groups is 1. The van der Waals surface area contributed by atoms with E-state index >= 15 is 0 Å². The summed E-state index contributed by atoms with van der Waals surface area (Å²) in [6, 6.07) is 0. The summed E-state index contributed by atoms with van der Waals surface area (Å²) in [4.78, 5) is 11.2. The summed E-state index contributed by atoms with van der Waals surface area (Å²) in [7, 11) is 0. The zero-order valence-corrected chi connectivity index (χ0v) is 11.5. The Morgan fingerprint density at radius 2 is 1.71 bits per heavy atom. The predicted octanol–water partition coefficient (Wildman–Crippen LogP) is 4.64. The van der Waals surface area contributed by atoms with Crippen molar-refractivity contribution in [3.8, 4) is 0 Å². The minimum absolute atomic E-state index is 0.0278. The lowest BCUT2D eigenvalue weighted by Crippen LogP contribution is -2.04. The zero-order valence-electron chi connectivity index (χ0n) is 11.5. The lowest BCUT2D eigenvalue weighted by Gasteiger charge is -2.03. The van der Waals surface area contributed by atoms with Crippen molar-refractivity contribution in [2.75, 3.05) is 6.61 Å². The van der Waals surface area contributed by atoms with Gasteiger partial charge in [-0.05, 0) is 32.6 Å². The van der Waals surface area contributed by atoms with Gasteiger partial charge in [0.15, 0.2) is 0 Å². The molecule has 0 aliphatic rings. The SMILES string of the molecule is CC=CCCCCCCCCC(=O)OCCC. The van der Waals surface area contributed by atoms with Crippen molar-refractivity contribution in [1.82, 2.24) is 0 Å². The van der Waals surface area contributed by atoms with E-state index in [9.17, 15) is 4.79 Å². The maximum absolute atomic E-state index is 11.2. The van der Waals surface area contributed by atoms with E-state index < -0.39 is 0 Å². The second-order valence-corrected chi connectivity index (χ2v) is 4.45. The second-order valence-electron chi connectivity index (χ2n) is 4.45. The van der Waals surface area contributed by atoms with Crippen LogP contribution in [0.3, 0.4) is 0 Å². The van der Waals surface area contributed by atoms with Gasteiger partial charge in [0, 0.05) is 6.42 Å². The minimum Gasteiger partial charge on any atom is -0.466 e. The summed E-state index contributed by atoms with van der Waals surface area (Å²) < 4.78 is 5.02. The van der Waals surface area contributed by atoms with Crippen LogP contribution in [-0.2, 0) is 9.53 Å². The Morgan fingerprint density at radius 3 is 2.35 bits per heavy atom. The first-order valence-electron chi connectivity index (χ1n) is 7.08. The standard InChI is InChI=1S/C15H28O2/c1-3-5-6-7-8-9-10-11-12-13-15(16)17-14-4-2/h3,5H,4,6-14H2,1-2H3. The minimum atomic E-state index is -0.0278. The molecule has 0 spiro atoms. The van der Waals surface area contributed by atoms with Crippen LogP contribution in [0.2, 0.25) is 0 Å². The third-order valence-electron chi connectivity index (χ3n) is 2.70. The fourth-order valence-electron chi connectivity index (χ4n) is 1.69. The Kier molecular flexibility index (Phi) is 12.7. The van der Waals surface area contributed by atoms with E-state index in [-0.39, 0.29) is 5.97 Å². The lowest BCUT2D eigenvalue weighted by atomic mass is 10.1. The number of hydrogen-bond donors (Lipinski definition) is 0. The van der Waals surface area contributed by atoms with Crippen molar-refractivity contribution in [2.45, 2.75) is 71.6 Å². The zero-order chi connectivity index (χ0) is 12.8. The van der Waals surface area contributed by atoms with E-state index in [4.69, 9.17) is 4.74 Å². The van der Waals surface area contributed by atoms with Crippen LogP contribution in [0.15, 0.2) is 12.2 Å². The molecule has 17 heavy (non-hydrogen) atoms. The second kappa shape index (κ2) is 13.3. The van der Waals surface area contributed by atoms with Gasteiger partial charge in [-0.1, -0.05) is 44.8 Å². The van der Waals surface area contributed by atoms with Crippen molar-refractivity contribution < 1.29 is 9.53 Å². The van der Waals surface area contributed by atoms with Crippen molar-refractivity contribution in [1.29, 1.82) is 0 Å². The molecule has 0 aliphatic heterocycles. The highest BCUT2D eigenvalue weighted by molar-refractivity contribution is 5.69. The molecule has 0 aromatic heterocycles. The van der Waals surface area contributed by atoms with Crippen LogP contribution in [0.1, 0.15) is 71.6 Å². The molecule has 2 heteroatoms. The smallest absolute Gasteiger partial charge is 0.305 e. The predicted molar refractivity (Wildman–Crippen MR) is 73.0 cm³/mol. The van der Waals surface area contributed by atoms with Gasteiger partial charge in [0.2, 0.25) is 0 Å². The van der Waals surface area contributed by atoms with Crippen molar-refractivity contribution in [2.24, 2.45) is 0 Å². The maximum Gasteiger partial charge on any atom is 0.305 e. The van der Waals surface area contributed by atoms with Gasteiger partial charge >= 0.3 is 5.97 Å². The molecule has 0 saturated carbocycles. The molecule has 0 aliphatic carbocycles. The lowest BCUT2D eigenvalue weighted by molar-refractivity contribution is -0.143. The summed E-state index contributed by atoms with van der Waals surface area (Å²) in [6.45, 7) is 4.66. The Labute approximate surface area is 106 Å². The fraction of sp³-hybridized carbons (Fsp3) is 0.800. The number of carbonyl (C=O) groups excluding carboxylic acids is 1. The Balaban J connectivity index is 3.10. The molecule has 100 valence electrons. The normalized spacial score (nSPS) is 10.9. The van der Waals surface area contributed by atoms with Crippen LogP contribution in [-0.4, -0.2) is 12.6 Å². The number of hydrogen-bond acceptors (Lipinski definition) is 2. The van der Waals surface area contributed by atoms with Crippen LogP contribution in [0.25, 0.3) is 0 Å². The first-order valence-corrected chi connectivity index (χ1v) is 7.08. The Bertz CT molecular complexity index is 197. The Hall–Kier alpha value is -0.790. The topological polar surface area (TPSA) is 26.3 Å². The maximum atomic E-state index is 11.2. The number of rotatable bonds is 11. The van der Waals surface area contributed by atoms with E-state index in [2.05, 4.69) is 19.1 Å². The number of allylic oxidation sites excluding steroid dienone is 2. The van der Waals surface area contributed by atoms with Crippen molar-refractivity contribution in [3.63, 3.8) is 0 Å². The quantitative estimate of drug-likeness (QED) is 0.299. The molecule has 0 atom stereocenters. The van der Waals surface area contributed by atoms with Crippen LogP contribution in [0.5, 0.6) is 0 Å². The summed E-state index contributed by atoms with van der Waals surface area (Å²) in [5.74, 6) is -0.0278. The van der Waals surface area contributed by atoms with Gasteiger partial charge in [-0.15, -0.1) is 0 Å². The van der Waals surface area contributed by atoms with Crippen LogP contribution < -0.4 is 0 Å². The van der Waals surface area contributed by atoms with Crippen LogP contribution in [0, 0.1) is 0 Å². The largest absolute Gasteiger partial charge is 0.466 e. The molecule has 0 amide bonds. The van der Waals surface area contributed by atoms with Gasteiger partial charge in [-0.2, -0.15) is 0 Å². The van der Waals surface area contributed by atoms with Gasteiger partial charge in [-0.3, -0.25) is 4.79 Å².